The van der Waals surface area contributed by atoms with Gasteiger partial charge in [-0.15, -0.1) is 0 Å². The lowest BCUT2D eigenvalue weighted by Gasteiger charge is -2.09. The van der Waals surface area contributed by atoms with Crippen LogP contribution >= 0.6 is 0 Å². The van der Waals surface area contributed by atoms with Gasteiger partial charge in [-0.2, -0.15) is 0 Å². The van der Waals surface area contributed by atoms with Gasteiger partial charge in [0.2, 0.25) is 5.91 Å². The normalized spacial score (nSPS) is 16.1. The van der Waals surface area contributed by atoms with Gasteiger partial charge in [0.05, 0.1) is 0 Å². The van der Waals surface area contributed by atoms with Crippen molar-refractivity contribution in [2.75, 3.05) is 6.54 Å². The van der Waals surface area contributed by atoms with E-state index in [1.54, 1.807) is 6.07 Å². The molecular formula is C17H21FN2O. The number of benzene rings is 1. The first kappa shape index (κ1) is 14.1. The fraction of sp³-hybridized carbons (Fsp3) is 0.471. The number of fused-ring (bicyclic) bond motifs is 1. The van der Waals surface area contributed by atoms with Gasteiger partial charge in [-0.1, -0.05) is 6.92 Å². The lowest BCUT2D eigenvalue weighted by molar-refractivity contribution is -0.122. The average molecular weight is 288 g/mol. The number of carbonyl (C=O) groups is 1. The fourth-order valence-corrected chi connectivity index (χ4v) is 2.85. The third-order valence-electron chi connectivity index (χ3n) is 4.47. The second-order valence-electron chi connectivity index (χ2n) is 6.51. The van der Waals surface area contributed by atoms with E-state index in [1.165, 1.54) is 12.1 Å². The van der Waals surface area contributed by atoms with Crippen LogP contribution in [0.1, 0.15) is 37.4 Å². The number of carbonyl (C=O) groups excluding carboxylic acids is 1. The molecular weight excluding hydrogens is 267 g/mol. The molecule has 21 heavy (non-hydrogen) atoms. The highest BCUT2D eigenvalue weighted by Gasteiger charge is 2.38. The number of amides is 1. The van der Waals surface area contributed by atoms with Crippen LogP contribution in [0.5, 0.6) is 0 Å². The molecule has 1 fully saturated rings. The van der Waals surface area contributed by atoms with Crippen LogP contribution in [0, 0.1) is 18.2 Å². The Morgan fingerprint density at radius 3 is 2.90 bits per heavy atom. The van der Waals surface area contributed by atoms with E-state index in [1.807, 2.05) is 6.92 Å². The number of nitrogens with one attached hydrogen (secondary N) is 2. The molecule has 1 aromatic carbocycles. The van der Waals surface area contributed by atoms with E-state index in [-0.39, 0.29) is 17.1 Å². The van der Waals surface area contributed by atoms with Gasteiger partial charge in [-0.25, -0.2) is 4.39 Å². The lowest BCUT2D eigenvalue weighted by Crippen LogP contribution is -2.27. The van der Waals surface area contributed by atoms with Gasteiger partial charge >= 0.3 is 0 Å². The van der Waals surface area contributed by atoms with Crippen molar-refractivity contribution in [2.45, 2.75) is 39.5 Å². The first-order chi connectivity index (χ1) is 9.97. The summed E-state index contributed by atoms with van der Waals surface area (Å²) in [5, 5.41) is 4.03. The summed E-state index contributed by atoms with van der Waals surface area (Å²) in [6.45, 7) is 4.77. The van der Waals surface area contributed by atoms with E-state index >= 15 is 0 Å². The highest BCUT2D eigenvalue weighted by Crippen LogP contribution is 2.47. The third-order valence-corrected chi connectivity index (χ3v) is 4.47. The van der Waals surface area contributed by atoms with Crippen molar-refractivity contribution in [1.82, 2.24) is 10.3 Å². The summed E-state index contributed by atoms with van der Waals surface area (Å²) in [6.07, 6.45) is 3.71. The molecule has 3 rings (SSSR count). The summed E-state index contributed by atoms with van der Waals surface area (Å²) in [5.74, 6) is -0.0974. The maximum absolute atomic E-state index is 13.2. The predicted molar refractivity (Wildman–Crippen MR) is 81.7 cm³/mol. The quantitative estimate of drug-likeness (QED) is 0.869. The second kappa shape index (κ2) is 5.17. The van der Waals surface area contributed by atoms with Crippen LogP contribution in [0.4, 0.5) is 4.39 Å². The molecule has 1 aromatic heterocycles. The zero-order valence-corrected chi connectivity index (χ0v) is 12.6. The van der Waals surface area contributed by atoms with E-state index in [2.05, 4.69) is 17.2 Å². The van der Waals surface area contributed by atoms with Crippen molar-refractivity contribution in [3.63, 3.8) is 0 Å². The molecule has 3 nitrogen and oxygen atoms in total. The molecule has 0 radical (unpaired) electrons. The van der Waals surface area contributed by atoms with Crippen LogP contribution in [-0.2, 0) is 11.2 Å². The number of H-pyrrole nitrogens is 1. The Bertz CT molecular complexity index is 685. The van der Waals surface area contributed by atoms with Crippen LogP contribution in [0.3, 0.4) is 0 Å². The molecule has 2 aromatic rings. The van der Waals surface area contributed by atoms with Crippen LogP contribution in [0.15, 0.2) is 18.2 Å². The SMILES string of the molecule is Cc1[nH]c2cc(F)ccc2c1CCNC(=O)CC1(C)CC1. The van der Waals surface area contributed by atoms with E-state index in [0.29, 0.717) is 13.0 Å². The zero-order valence-electron chi connectivity index (χ0n) is 12.6. The fourth-order valence-electron chi connectivity index (χ4n) is 2.85. The first-order valence-corrected chi connectivity index (χ1v) is 7.50. The van der Waals surface area contributed by atoms with E-state index < -0.39 is 0 Å². The van der Waals surface area contributed by atoms with Crippen molar-refractivity contribution in [1.29, 1.82) is 0 Å². The topological polar surface area (TPSA) is 44.9 Å². The van der Waals surface area contributed by atoms with Gasteiger partial charge in [0.15, 0.2) is 0 Å². The van der Waals surface area contributed by atoms with Crippen molar-refractivity contribution < 1.29 is 9.18 Å². The molecule has 0 unspecified atom stereocenters. The molecule has 1 aliphatic rings. The summed E-state index contributed by atoms with van der Waals surface area (Å²) in [4.78, 5) is 15.1. The minimum absolute atomic E-state index is 0.138. The minimum atomic E-state index is -0.235. The van der Waals surface area contributed by atoms with Gasteiger partial charge < -0.3 is 10.3 Å². The number of aryl methyl sites for hydroxylation is 1. The molecule has 0 aliphatic heterocycles. The Hall–Kier alpha value is -1.84. The number of hydrogen-bond acceptors (Lipinski definition) is 1. The number of hydrogen-bond donors (Lipinski definition) is 2. The smallest absolute Gasteiger partial charge is 0.220 e. The highest BCUT2D eigenvalue weighted by molar-refractivity contribution is 5.84. The highest BCUT2D eigenvalue weighted by atomic mass is 19.1. The van der Waals surface area contributed by atoms with Crippen molar-refractivity contribution in [3.8, 4) is 0 Å². The maximum Gasteiger partial charge on any atom is 0.220 e. The summed E-state index contributed by atoms with van der Waals surface area (Å²) < 4.78 is 13.2. The Kier molecular flexibility index (Phi) is 3.47. The van der Waals surface area contributed by atoms with Gasteiger partial charge in [0.1, 0.15) is 5.82 Å². The molecule has 112 valence electrons. The van der Waals surface area contributed by atoms with Gasteiger partial charge in [-0.05, 0) is 55.4 Å². The maximum atomic E-state index is 13.2. The van der Waals surface area contributed by atoms with E-state index in [0.717, 1.165) is 41.4 Å². The Morgan fingerprint density at radius 1 is 1.43 bits per heavy atom. The average Bonchev–Trinajstić information content (AvgIpc) is 3.04. The van der Waals surface area contributed by atoms with E-state index in [9.17, 15) is 9.18 Å². The minimum Gasteiger partial charge on any atom is -0.358 e. The summed E-state index contributed by atoms with van der Waals surface area (Å²) in [5.41, 5.74) is 3.26. The number of aromatic amines is 1. The van der Waals surface area contributed by atoms with Crippen molar-refractivity contribution >= 4 is 16.8 Å². The standard InChI is InChI=1S/C17H21FN2O/c1-11-13(14-4-3-12(18)9-15(14)20-11)5-8-19-16(21)10-17(2)6-7-17/h3-4,9,20H,5-8,10H2,1-2H3,(H,19,21). The Balaban J connectivity index is 1.62. The lowest BCUT2D eigenvalue weighted by atomic mass is 10.1. The number of aromatic nitrogens is 1. The molecule has 0 bridgehead atoms. The zero-order chi connectivity index (χ0) is 15.0. The second-order valence-corrected chi connectivity index (χ2v) is 6.51. The first-order valence-electron chi connectivity index (χ1n) is 7.50. The monoisotopic (exact) mass is 288 g/mol. The van der Waals surface area contributed by atoms with Gasteiger partial charge in [0, 0.05) is 29.6 Å². The van der Waals surface area contributed by atoms with Crippen molar-refractivity contribution in [3.05, 3.63) is 35.3 Å². The Labute approximate surface area is 123 Å². The van der Waals surface area contributed by atoms with Crippen LogP contribution < -0.4 is 5.32 Å². The molecule has 0 atom stereocenters. The summed E-state index contributed by atoms with van der Waals surface area (Å²) in [7, 11) is 0. The van der Waals surface area contributed by atoms with Gasteiger partial charge in [-0.3, -0.25) is 4.79 Å². The predicted octanol–water partition coefficient (Wildman–Crippen LogP) is 3.46. The molecule has 1 aliphatic carbocycles. The Morgan fingerprint density at radius 2 is 2.19 bits per heavy atom. The largest absolute Gasteiger partial charge is 0.358 e. The molecule has 1 amide bonds. The number of halogens is 1. The molecule has 0 spiro atoms. The van der Waals surface area contributed by atoms with Crippen LogP contribution in [-0.4, -0.2) is 17.4 Å². The third kappa shape index (κ3) is 3.09. The number of rotatable bonds is 5. The van der Waals surface area contributed by atoms with Gasteiger partial charge in [0.25, 0.3) is 0 Å². The molecule has 2 N–H and O–H groups in total. The van der Waals surface area contributed by atoms with Crippen LogP contribution in [0.2, 0.25) is 0 Å². The molecule has 0 saturated heterocycles. The van der Waals surface area contributed by atoms with Crippen molar-refractivity contribution in [2.24, 2.45) is 5.41 Å². The molecule has 1 heterocycles. The molecule has 4 heteroatoms. The summed E-state index contributed by atoms with van der Waals surface area (Å²) >= 11 is 0. The van der Waals surface area contributed by atoms with Crippen LogP contribution in [0.25, 0.3) is 10.9 Å². The summed E-state index contributed by atoms with van der Waals surface area (Å²) in [6, 6.07) is 4.79. The molecule has 1 saturated carbocycles. The van der Waals surface area contributed by atoms with E-state index in [4.69, 9.17) is 0 Å².